The molecule has 0 bridgehead atoms. The van der Waals surface area contributed by atoms with Crippen LogP contribution in [0.5, 0.6) is 0 Å². The summed E-state index contributed by atoms with van der Waals surface area (Å²) >= 11 is 0. The first-order valence-corrected chi connectivity index (χ1v) is 15.6. The summed E-state index contributed by atoms with van der Waals surface area (Å²) < 4.78 is 19.0. The summed E-state index contributed by atoms with van der Waals surface area (Å²) in [5.74, 6) is 0.378. The van der Waals surface area contributed by atoms with Gasteiger partial charge in [-0.15, -0.1) is 0 Å². The van der Waals surface area contributed by atoms with Crippen molar-refractivity contribution >= 4 is 24.8 Å². The Hall–Kier alpha value is -2.93. The van der Waals surface area contributed by atoms with Gasteiger partial charge in [-0.3, -0.25) is 0 Å². The van der Waals surface area contributed by atoms with Gasteiger partial charge in [0.05, 0.1) is 19.3 Å². The molecule has 1 aliphatic heterocycles. The van der Waals surface area contributed by atoms with Crippen molar-refractivity contribution in [2.75, 3.05) is 19.7 Å². The van der Waals surface area contributed by atoms with Gasteiger partial charge in [-0.25, -0.2) is 4.79 Å². The highest BCUT2D eigenvalue weighted by Crippen LogP contribution is 2.43. The molecule has 6 heteroatoms. The van der Waals surface area contributed by atoms with Crippen molar-refractivity contribution in [1.29, 1.82) is 0 Å². The van der Waals surface area contributed by atoms with Crippen LogP contribution in [0.4, 0.5) is 4.79 Å². The Morgan fingerprint density at radius 1 is 0.895 bits per heavy atom. The van der Waals surface area contributed by atoms with Gasteiger partial charge in [-0.2, -0.15) is 0 Å². The number of ether oxygens (including phenoxy) is 2. The van der Waals surface area contributed by atoms with E-state index in [0.29, 0.717) is 32.2 Å². The van der Waals surface area contributed by atoms with Gasteiger partial charge >= 0.3 is 6.09 Å². The molecule has 1 saturated heterocycles. The van der Waals surface area contributed by atoms with Gasteiger partial charge in [0.1, 0.15) is 6.61 Å². The van der Waals surface area contributed by atoms with Crippen LogP contribution in [-0.2, 0) is 20.5 Å². The van der Waals surface area contributed by atoms with Crippen LogP contribution in [0.15, 0.2) is 91.0 Å². The average molecular weight is 530 g/mol. The summed E-state index contributed by atoms with van der Waals surface area (Å²) in [6.45, 7) is 8.93. The Kier molecular flexibility index (Phi) is 8.03. The largest absolute Gasteiger partial charge is 0.445 e. The van der Waals surface area contributed by atoms with Gasteiger partial charge in [-0.1, -0.05) is 112 Å². The van der Waals surface area contributed by atoms with Crippen LogP contribution in [-0.4, -0.2) is 51.2 Å². The lowest BCUT2D eigenvalue weighted by atomic mass is 9.78. The Morgan fingerprint density at radius 2 is 1.45 bits per heavy atom. The fourth-order valence-electron chi connectivity index (χ4n) is 5.88. The fraction of sp³-hybridized carbons (Fsp3) is 0.406. The predicted molar refractivity (Wildman–Crippen MR) is 153 cm³/mol. The lowest BCUT2D eigenvalue weighted by molar-refractivity contribution is -0.0960. The number of hydrogen-bond acceptors (Lipinski definition) is 4. The van der Waals surface area contributed by atoms with Crippen LogP contribution >= 0.6 is 0 Å². The molecule has 38 heavy (non-hydrogen) atoms. The molecule has 0 spiro atoms. The van der Waals surface area contributed by atoms with E-state index in [-0.39, 0.29) is 23.3 Å². The Morgan fingerprint density at radius 3 is 2.00 bits per heavy atom. The zero-order chi connectivity index (χ0) is 26.6. The molecular weight excluding hydrogens is 490 g/mol. The molecule has 1 unspecified atom stereocenters. The highest BCUT2D eigenvalue weighted by atomic mass is 28.4. The van der Waals surface area contributed by atoms with Crippen molar-refractivity contribution in [2.45, 2.75) is 57.5 Å². The molecule has 0 N–H and O–H groups in total. The molecule has 5 rings (SSSR count). The second-order valence-corrected chi connectivity index (χ2v) is 15.8. The number of rotatable bonds is 7. The summed E-state index contributed by atoms with van der Waals surface area (Å²) in [5.41, 5.74) is 0.993. The van der Waals surface area contributed by atoms with Gasteiger partial charge in [0.25, 0.3) is 8.32 Å². The molecule has 1 aliphatic carbocycles. The second kappa shape index (κ2) is 11.4. The van der Waals surface area contributed by atoms with Gasteiger partial charge in [-0.05, 0) is 39.7 Å². The molecule has 2 fully saturated rings. The number of carbonyl (C=O) groups is 1. The van der Waals surface area contributed by atoms with Crippen molar-refractivity contribution in [3.05, 3.63) is 96.6 Å². The molecule has 0 aromatic heterocycles. The third kappa shape index (κ3) is 5.58. The van der Waals surface area contributed by atoms with E-state index in [4.69, 9.17) is 13.9 Å². The summed E-state index contributed by atoms with van der Waals surface area (Å²) in [5, 5.41) is 2.58. The zero-order valence-electron chi connectivity index (χ0n) is 22.7. The quantitative estimate of drug-likeness (QED) is 0.386. The third-order valence-corrected chi connectivity index (χ3v) is 13.1. The Bertz CT molecular complexity index is 1140. The SMILES string of the molecule is CC(C)(C)[Si](OC1CC(C2CN(C(=O)OCc3ccccc3)CCO2)C1)(c1ccccc1)c1ccccc1. The van der Waals surface area contributed by atoms with Crippen LogP contribution in [0.2, 0.25) is 5.04 Å². The third-order valence-electron chi connectivity index (χ3n) is 7.97. The highest BCUT2D eigenvalue weighted by molar-refractivity contribution is 6.99. The minimum atomic E-state index is -2.56. The van der Waals surface area contributed by atoms with Crippen molar-refractivity contribution in [3.8, 4) is 0 Å². The maximum atomic E-state index is 12.8. The average Bonchev–Trinajstić information content (AvgIpc) is 2.92. The molecule has 1 atom stereocenters. The lowest BCUT2D eigenvalue weighted by Crippen LogP contribution is -2.68. The first-order valence-electron chi connectivity index (χ1n) is 13.7. The molecule has 1 amide bonds. The summed E-state index contributed by atoms with van der Waals surface area (Å²) in [6.07, 6.45) is 1.83. The molecule has 200 valence electrons. The van der Waals surface area contributed by atoms with Gasteiger partial charge < -0.3 is 18.8 Å². The fourth-order valence-corrected chi connectivity index (χ4v) is 10.6. The number of morpholine rings is 1. The van der Waals surface area contributed by atoms with Crippen molar-refractivity contribution in [2.24, 2.45) is 5.92 Å². The molecule has 3 aromatic carbocycles. The number of nitrogens with zero attached hydrogens (tertiary/aromatic N) is 1. The highest BCUT2D eigenvalue weighted by Gasteiger charge is 2.53. The lowest BCUT2D eigenvalue weighted by Gasteiger charge is -2.50. The predicted octanol–water partition coefficient (Wildman–Crippen LogP) is 5.38. The number of amides is 1. The molecule has 1 heterocycles. The Balaban J connectivity index is 1.24. The summed E-state index contributed by atoms with van der Waals surface area (Å²) in [6, 6.07) is 31.4. The minimum absolute atomic E-state index is 0.0204. The topological polar surface area (TPSA) is 48.0 Å². The first-order chi connectivity index (χ1) is 18.4. The molecule has 5 nitrogen and oxygen atoms in total. The van der Waals surface area contributed by atoms with Crippen molar-refractivity contribution in [3.63, 3.8) is 0 Å². The smallest absolute Gasteiger partial charge is 0.410 e. The van der Waals surface area contributed by atoms with E-state index in [2.05, 4.69) is 81.4 Å². The molecular formula is C32H39NO4Si. The number of hydrogen-bond donors (Lipinski definition) is 0. The van der Waals surface area contributed by atoms with Crippen LogP contribution in [0.3, 0.4) is 0 Å². The molecule has 2 aliphatic rings. The maximum absolute atomic E-state index is 12.8. The summed E-state index contributed by atoms with van der Waals surface area (Å²) in [4.78, 5) is 14.6. The zero-order valence-corrected chi connectivity index (χ0v) is 23.7. The Labute approximate surface area is 227 Å². The van der Waals surface area contributed by atoms with Crippen molar-refractivity contribution in [1.82, 2.24) is 4.90 Å². The van der Waals surface area contributed by atoms with E-state index >= 15 is 0 Å². The van der Waals surface area contributed by atoms with E-state index in [9.17, 15) is 4.79 Å². The first kappa shape index (κ1) is 26.7. The molecule has 3 aromatic rings. The van der Waals surface area contributed by atoms with E-state index in [1.165, 1.54) is 10.4 Å². The number of carbonyl (C=O) groups excluding carboxylic acids is 1. The van der Waals surface area contributed by atoms with E-state index in [0.717, 1.165) is 18.4 Å². The van der Waals surface area contributed by atoms with E-state index < -0.39 is 8.32 Å². The van der Waals surface area contributed by atoms with Gasteiger partial charge in [0.2, 0.25) is 0 Å². The van der Waals surface area contributed by atoms with E-state index in [1.807, 2.05) is 30.3 Å². The minimum Gasteiger partial charge on any atom is -0.445 e. The van der Waals surface area contributed by atoms with Crippen LogP contribution in [0, 0.1) is 5.92 Å². The van der Waals surface area contributed by atoms with Gasteiger partial charge in [0.15, 0.2) is 0 Å². The maximum Gasteiger partial charge on any atom is 0.410 e. The van der Waals surface area contributed by atoms with Gasteiger partial charge in [0, 0.05) is 12.6 Å². The van der Waals surface area contributed by atoms with Crippen LogP contribution < -0.4 is 10.4 Å². The monoisotopic (exact) mass is 529 g/mol. The van der Waals surface area contributed by atoms with E-state index in [1.54, 1.807) is 4.90 Å². The molecule has 1 saturated carbocycles. The normalized spacial score (nSPS) is 22.0. The summed E-state index contributed by atoms with van der Waals surface area (Å²) in [7, 11) is -2.56. The van der Waals surface area contributed by atoms with Crippen LogP contribution in [0.1, 0.15) is 39.2 Å². The van der Waals surface area contributed by atoms with Crippen LogP contribution in [0.25, 0.3) is 0 Å². The molecule has 0 radical (unpaired) electrons. The number of benzene rings is 3. The second-order valence-electron chi connectivity index (χ2n) is 11.5. The standard InChI is InChI=1S/C32H39NO4Si/c1-32(2,3)38(28-15-9-5-10-16-28,29-17-11-6-12-18-29)37-27-21-26(22-27)30-23-33(19-20-35-30)31(34)36-24-25-13-7-4-8-14-25/h4-18,26-27,30H,19-24H2,1-3H3. The van der Waals surface area contributed by atoms with Crippen molar-refractivity contribution < 1.29 is 18.7 Å².